The number of para-hydroxylation sites is 1. The molecule has 0 fully saturated rings. The van der Waals surface area contributed by atoms with Gasteiger partial charge in [-0.3, -0.25) is 0 Å². The molecule has 0 radical (unpaired) electrons. The number of benzene rings is 10. The molecule has 0 aliphatic rings. The molecular formula is C57H33N3O2. The van der Waals surface area contributed by atoms with E-state index < -0.39 is 0 Å². The number of hydrogen-bond acceptors (Lipinski definition) is 5. The van der Waals surface area contributed by atoms with Gasteiger partial charge in [-0.2, -0.15) is 0 Å². The molecule has 10 aromatic carbocycles. The Hall–Kier alpha value is -8.41. The number of rotatable bonds is 5. The van der Waals surface area contributed by atoms with Crippen LogP contribution in [0.1, 0.15) is 0 Å². The van der Waals surface area contributed by atoms with Crippen molar-refractivity contribution in [1.29, 1.82) is 0 Å². The van der Waals surface area contributed by atoms with Crippen molar-refractivity contribution in [3.05, 3.63) is 200 Å². The van der Waals surface area contributed by atoms with Crippen molar-refractivity contribution in [2.75, 3.05) is 0 Å². The molecule has 0 aliphatic carbocycles. The zero-order valence-electron chi connectivity index (χ0n) is 33.2. The first-order valence-electron chi connectivity index (χ1n) is 20.8. The molecule has 0 atom stereocenters. The highest BCUT2D eigenvalue weighted by Gasteiger charge is 2.21. The van der Waals surface area contributed by atoms with Crippen LogP contribution in [-0.4, -0.2) is 15.0 Å². The van der Waals surface area contributed by atoms with E-state index in [1.165, 1.54) is 21.9 Å². The highest BCUT2D eigenvalue weighted by Crippen LogP contribution is 2.42. The smallest absolute Gasteiger partial charge is 0.164 e. The molecule has 288 valence electrons. The second-order valence-corrected chi connectivity index (χ2v) is 15.9. The standard InChI is InChI=1S/C57H33N3O2/c1-2-10-34(11-3-1)38-22-23-41-32-43(25-24-39(41)31-38)55-58-56(46-16-8-14-36-27-29-50-54(52(36)46)44-15-6-7-18-48(44)61-50)60-57(59-55)47-17-9-19-49-53(47)45-28-26-42(33-51(45)62-49)40-21-20-35-12-4-5-13-37(35)30-40/h1-33H. The third-order valence-corrected chi connectivity index (χ3v) is 12.3. The topological polar surface area (TPSA) is 65.0 Å². The number of furan rings is 2. The summed E-state index contributed by atoms with van der Waals surface area (Å²) in [6.45, 7) is 0. The minimum absolute atomic E-state index is 0.567. The Kier molecular flexibility index (Phi) is 7.54. The summed E-state index contributed by atoms with van der Waals surface area (Å²) in [7, 11) is 0. The van der Waals surface area contributed by atoms with Gasteiger partial charge in [0.25, 0.3) is 0 Å². The van der Waals surface area contributed by atoms with E-state index in [1.54, 1.807) is 0 Å². The number of nitrogens with zero attached hydrogens (tertiary/aromatic N) is 3. The summed E-state index contributed by atoms with van der Waals surface area (Å²) in [6.07, 6.45) is 0. The molecule has 0 amide bonds. The van der Waals surface area contributed by atoms with E-state index in [0.717, 1.165) is 93.2 Å². The lowest BCUT2D eigenvalue weighted by molar-refractivity contribution is 0.669. The van der Waals surface area contributed by atoms with E-state index in [1.807, 2.05) is 30.3 Å². The molecule has 5 heteroatoms. The minimum atomic E-state index is 0.567. The molecule has 13 aromatic rings. The molecule has 3 aromatic heterocycles. The molecule has 3 heterocycles. The second kappa shape index (κ2) is 13.6. The van der Waals surface area contributed by atoms with Gasteiger partial charge < -0.3 is 8.83 Å². The van der Waals surface area contributed by atoms with Gasteiger partial charge in [0, 0.05) is 43.6 Å². The van der Waals surface area contributed by atoms with Gasteiger partial charge in [0.1, 0.15) is 22.3 Å². The molecule has 0 saturated heterocycles. The molecule has 0 bridgehead atoms. The van der Waals surface area contributed by atoms with Crippen molar-refractivity contribution in [3.8, 4) is 56.4 Å². The fourth-order valence-corrected chi connectivity index (χ4v) is 9.28. The summed E-state index contributed by atoms with van der Waals surface area (Å²) in [5.74, 6) is 1.73. The molecule has 0 spiro atoms. The summed E-state index contributed by atoms with van der Waals surface area (Å²) in [5, 5.41) is 10.8. The molecule has 13 rings (SSSR count). The molecule has 5 nitrogen and oxygen atoms in total. The third kappa shape index (κ3) is 5.52. The van der Waals surface area contributed by atoms with Gasteiger partial charge in [-0.1, -0.05) is 152 Å². The lowest BCUT2D eigenvalue weighted by Gasteiger charge is -2.12. The Bertz CT molecular complexity index is 3940. The Labute approximate surface area is 355 Å². The average Bonchev–Trinajstić information content (AvgIpc) is 3.92. The Morgan fingerprint density at radius 3 is 1.61 bits per heavy atom. The highest BCUT2D eigenvalue weighted by atomic mass is 16.3. The molecule has 0 aliphatic heterocycles. The minimum Gasteiger partial charge on any atom is -0.456 e. The summed E-state index contributed by atoms with van der Waals surface area (Å²) in [6, 6.07) is 69.9. The summed E-state index contributed by atoms with van der Waals surface area (Å²) in [4.78, 5) is 16.0. The first-order chi connectivity index (χ1) is 30.7. The molecule has 0 N–H and O–H groups in total. The predicted molar refractivity (Wildman–Crippen MR) is 254 cm³/mol. The lowest BCUT2D eigenvalue weighted by atomic mass is 9.98. The normalized spacial score (nSPS) is 11.9. The van der Waals surface area contributed by atoms with Crippen molar-refractivity contribution in [2.45, 2.75) is 0 Å². The largest absolute Gasteiger partial charge is 0.456 e. The number of hydrogen-bond donors (Lipinski definition) is 0. The first kappa shape index (κ1) is 34.5. The van der Waals surface area contributed by atoms with Crippen LogP contribution in [0.5, 0.6) is 0 Å². The summed E-state index contributed by atoms with van der Waals surface area (Å²) in [5.41, 5.74) is 10.5. The maximum Gasteiger partial charge on any atom is 0.164 e. The van der Waals surface area contributed by atoms with Gasteiger partial charge in [-0.05, 0) is 97.7 Å². The fourth-order valence-electron chi connectivity index (χ4n) is 9.28. The second-order valence-electron chi connectivity index (χ2n) is 15.9. The maximum atomic E-state index is 6.64. The van der Waals surface area contributed by atoms with E-state index in [-0.39, 0.29) is 0 Å². The Morgan fingerprint density at radius 1 is 0.258 bits per heavy atom. The van der Waals surface area contributed by atoms with E-state index in [2.05, 4.69) is 170 Å². The maximum absolute atomic E-state index is 6.64. The summed E-state index contributed by atoms with van der Waals surface area (Å²) < 4.78 is 13.0. The van der Waals surface area contributed by atoms with Gasteiger partial charge in [0.15, 0.2) is 17.5 Å². The van der Waals surface area contributed by atoms with E-state index in [9.17, 15) is 0 Å². The van der Waals surface area contributed by atoms with E-state index in [4.69, 9.17) is 23.8 Å². The molecule has 62 heavy (non-hydrogen) atoms. The Morgan fingerprint density at radius 2 is 0.774 bits per heavy atom. The van der Waals surface area contributed by atoms with Crippen molar-refractivity contribution in [3.63, 3.8) is 0 Å². The third-order valence-electron chi connectivity index (χ3n) is 12.3. The van der Waals surface area contributed by atoms with E-state index in [0.29, 0.717) is 17.5 Å². The average molecular weight is 792 g/mol. The molecule has 0 saturated carbocycles. The number of fused-ring (bicyclic) bond motifs is 10. The molecule has 0 unspecified atom stereocenters. The fraction of sp³-hybridized carbons (Fsp3) is 0. The van der Waals surface area contributed by atoms with Crippen LogP contribution in [0.2, 0.25) is 0 Å². The lowest BCUT2D eigenvalue weighted by Crippen LogP contribution is -2.01. The van der Waals surface area contributed by atoms with Crippen molar-refractivity contribution >= 4 is 76.2 Å². The van der Waals surface area contributed by atoms with Crippen LogP contribution in [0.4, 0.5) is 0 Å². The van der Waals surface area contributed by atoms with Crippen molar-refractivity contribution in [2.24, 2.45) is 0 Å². The van der Waals surface area contributed by atoms with Crippen LogP contribution in [0.3, 0.4) is 0 Å². The zero-order chi connectivity index (χ0) is 40.7. The van der Waals surface area contributed by atoms with Crippen LogP contribution in [0.25, 0.3) is 133 Å². The highest BCUT2D eigenvalue weighted by molar-refractivity contribution is 6.22. The number of aromatic nitrogens is 3. The van der Waals surface area contributed by atoms with Gasteiger partial charge in [0.05, 0.1) is 0 Å². The van der Waals surface area contributed by atoms with E-state index >= 15 is 0 Å². The van der Waals surface area contributed by atoms with Gasteiger partial charge in [-0.15, -0.1) is 0 Å². The van der Waals surface area contributed by atoms with Gasteiger partial charge >= 0.3 is 0 Å². The summed E-state index contributed by atoms with van der Waals surface area (Å²) >= 11 is 0. The predicted octanol–water partition coefficient (Wildman–Crippen LogP) is 15.5. The SMILES string of the molecule is c1ccc(-c2ccc3cc(-c4nc(-c5cccc6oc7cc(-c8ccc9ccccc9c8)ccc7c56)nc(-c5cccc6ccc7oc8ccccc8c7c56)n4)ccc3c2)cc1. The first-order valence-corrected chi connectivity index (χ1v) is 20.8. The van der Waals surface area contributed by atoms with Crippen LogP contribution in [0.15, 0.2) is 209 Å². The quantitative estimate of drug-likeness (QED) is 0.174. The van der Waals surface area contributed by atoms with Crippen LogP contribution in [0, 0.1) is 0 Å². The van der Waals surface area contributed by atoms with Crippen LogP contribution in [-0.2, 0) is 0 Å². The van der Waals surface area contributed by atoms with Crippen LogP contribution >= 0.6 is 0 Å². The Balaban J connectivity index is 1.02. The molecular weight excluding hydrogens is 759 g/mol. The van der Waals surface area contributed by atoms with Crippen molar-refractivity contribution in [1.82, 2.24) is 15.0 Å². The van der Waals surface area contributed by atoms with Crippen LogP contribution < -0.4 is 0 Å². The van der Waals surface area contributed by atoms with Gasteiger partial charge in [-0.25, -0.2) is 15.0 Å². The zero-order valence-corrected chi connectivity index (χ0v) is 33.2. The van der Waals surface area contributed by atoms with Crippen molar-refractivity contribution < 1.29 is 8.83 Å². The van der Waals surface area contributed by atoms with Gasteiger partial charge in [0.2, 0.25) is 0 Å². The monoisotopic (exact) mass is 791 g/mol.